The minimum absolute atomic E-state index is 0.00705. The monoisotopic (exact) mass is 336 g/mol. The lowest BCUT2D eigenvalue weighted by Gasteiger charge is -2.10. The van der Waals surface area contributed by atoms with E-state index < -0.39 is 10.0 Å². The summed E-state index contributed by atoms with van der Waals surface area (Å²) in [5.41, 5.74) is 4.11. The molecule has 1 aromatic heterocycles. The summed E-state index contributed by atoms with van der Waals surface area (Å²) in [6.45, 7) is 7.09. The Morgan fingerprint density at radius 3 is 2.35 bits per heavy atom. The average molecular weight is 336 g/mol. The number of aromatic amines is 1. The molecule has 0 atom stereocenters. The molecule has 2 aromatic rings. The third-order valence-electron chi connectivity index (χ3n) is 3.37. The van der Waals surface area contributed by atoms with Crippen molar-refractivity contribution in [2.24, 2.45) is 0 Å². The van der Waals surface area contributed by atoms with Crippen LogP contribution in [0, 0.1) is 6.92 Å². The summed E-state index contributed by atoms with van der Waals surface area (Å²) in [6, 6.07) is 7.54. The summed E-state index contributed by atoms with van der Waals surface area (Å²) in [5.74, 6) is 0.00705. The van der Waals surface area contributed by atoms with E-state index in [2.05, 4.69) is 20.2 Å². The van der Waals surface area contributed by atoms with Crippen molar-refractivity contribution in [3.05, 3.63) is 52.8 Å². The SMILES string of the molecule is Cc1[nH]ncc1CNCc1ccc(CS(=O)(=O)NC(C)C)cc1. The number of hydrogen-bond acceptors (Lipinski definition) is 4. The molecule has 23 heavy (non-hydrogen) atoms. The Kier molecular flexibility index (Phi) is 5.92. The first-order chi connectivity index (χ1) is 10.9. The van der Waals surface area contributed by atoms with E-state index in [1.165, 1.54) is 0 Å². The summed E-state index contributed by atoms with van der Waals surface area (Å²) < 4.78 is 26.4. The van der Waals surface area contributed by atoms with E-state index in [4.69, 9.17) is 0 Å². The predicted molar refractivity (Wildman–Crippen MR) is 91.2 cm³/mol. The molecule has 0 spiro atoms. The highest BCUT2D eigenvalue weighted by Crippen LogP contribution is 2.09. The van der Waals surface area contributed by atoms with Crippen LogP contribution in [-0.4, -0.2) is 24.7 Å². The molecule has 0 aliphatic rings. The van der Waals surface area contributed by atoms with Gasteiger partial charge in [0.2, 0.25) is 10.0 Å². The largest absolute Gasteiger partial charge is 0.308 e. The van der Waals surface area contributed by atoms with Crippen LogP contribution in [-0.2, 0) is 28.9 Å². The summed E-state index contributed by atoms with van der Waals surface area (Å²) in [4.78, 5) is 0. The van der Waals surface area contributed by atoms with Gasteiger partial charge in [0.25, 0.3) is 0 Å². The van der Waals surface area contributed by atoms with E-state index in [1.807, 2.05) is 51.2 Å². The molecule has 0 radical (unpaired) electrons. The highest BCUT2D eigenvalue weighted by atomic mass is 32.2. The number of nitrogens with one attached hydrogen (secondary N) is 3. The lowest BCUT2D eigenvalue weighted by Crippen LogP contribution is -2.31. The number of nitrogens with zero attached hydrogens (tertiary/aromatic N) is 1. The zero-order valence-corrected chi connectivity index (χ0v) is 14.6. The molecule has 126 valence electrons. The molecule has 6 nitrogen and oxygen atoms in total. The van der Waals surface area contributed by atoms with E-state index in [0.717, 1.165) is 35.5 Å². The van der Waals surface area contributed by atoms with Gasteiger partial charge in [0.05, 0.1) is 11.9 Å². The molecule has 0 amide bonds. The van der Waals surface area contributed by atoms with Gasteiger partial charge in [-0.15, -0.1) is 0 Å². The number of aryl methyl sites for hydroxylation is 1. The van der Waals surface area contributed by atoms with Crippen LogP contribution in [0.25, 0.3) is 0 Å². The maximum atomic E-state index is 11.9. The van der Waals surface area contributed by atoms with Crippen LogP contribution >= 0.6 is 0 Å². The van der Waals surface area contributed by atoms with Crippen LogP contribution in [0.15, 0.2) is 30.5 Å². The van der Waals surface area contributed by atoms with Crippen LogP contribution in [0.1, 0.15) is 36.2 Å². The van der Waals surface area contributed by atoms with Crippen molar-refractivity contribution >= 4 is 10.0 Å². The van der Waals surface area contributed by atoms with Gasteiger partial charge in [-0.1, -0.05) is 24.3 Å². The summed E-state index contributed by atoms with van der Waals surface area (Å²) in [7, 11) is -3.27. The molecule has 0 aliphatic carbocycles. The van der Waals surface area contributed by atoms with E-state index in [-0.39, 0.29) is 11.8 Å². The fraction of sp³-hybridized carbons (Fsp3) is 0.438. The maximum absolute atomic E-state index is 11.9. The van der Waals surface area contributed by atoms with Crippen LogP contribution in [0.3, 0.4) is 0 Å². The normalized spacial score (nSPS) is 12.0. The highest BCUT2D eigenvalue weighted by Gasteiger charge is 2.12. The molecule has 1 heterocycles. The van der Waals surface area contributed by atoms with Gasteiger partial charge in [-0.2, -0.15) is 5.10 Å². The Labute approximate surface area is 137 Å². The van der Waals surface area contributed by atoms with E-state index in [9.17, 15) is 8.42 Å². The van der Waals surface area contributed by atoms with Crippen molar-refractivity contribution in [2.45, 2.75) is 45.7 Å². The van der Waals surface area contributed by atoms with Crippen molar-refractivity contribution in [3.8, 4) is 0 Å². The molecule has 3 N–H and O–H groups in total. The standard InChI is InChI=1S/C16H24N4O2S/c1-12(2)20-23(21,22)11-15-6-4-14(5-7-15)8-17-9-16-10-18-19-13(16)3/h4-7,10,12,17,20H,8-9,11H2,1-3H3,(H,18,19). The van der Waals surface area contributed by atoms with Gasteiger partial charge in [-0.3, -0.25) is 5.10 Å². The molecule has 0 bridgehead atoms. The minimum Gasteiger partial charge on any atom is -0.308 e. The van der Waals surface area contributed by atoms with Gasteiger partial charge in [0.1, 0.15) is 0 Å². The van der Waals surface area contributed by atoms with Crippen molar-refractivity contribution < 1.29 is 8.42 Å². The Morgan fingerprint density at radius 2 is 1.78 bits per heavy atom. The lowest BCUT2D eigenvalue weighted by atomic mass is 10.1. The number of hydrogen-bond donors (Lipinski definition) is 3. The van der Waals surface area contributed by atoms with Gasteiger partial charge in [-0.05, 0) is 31.9 Å². The fourth-order valence-corrected chi connectivity index (χ4v) is 3.70. The molecule has 0 unspecified atom stereocenters. The molecular formula is C16H24N4O2S. The van der Waals surface area contributed by atoms with Crippen LogP contribution in [0.4, 0.5) is 0 Å². The van der Waals surface area contributed by atoms with Crippen molar-refractivity contribution in [1.82, 2.24) is 20.2 Å². The first kappa shape index (κ1) is 17.7. The van der Waals surface area contributed by atoms with Gasteiger partial charge in [-0.25, -0.2) is 13.1 Å². The minimum atomic E-state index is -3.27. The number of H-pyrrole nitrogens is 1. The summed E-state index contributed by atoms with van der Waals surface area (Å²) in [5, 5.41) is 10.2. The second kappa shape index (κ2) is 7.72. The van der Waals surface area contributed by atoms with Crippen LogP contribution in [0.2, 0.25) is 0 Å². The van der Waals surface area contributed by atoms with E-state index in [0.29, 0.717) is 0 Å². The van der Waals surface area contributed by atoms with E-state index >= 15 is 0 Å². The zero-order chi connectivity index (χ0) is 16.9. The Morgan fingerprint density at radius 1 is 1.13 bits per heavy atom. The van der Waals surface area contributed by atoms with Crippen molar-refractivity contribution in [2.75, 3.05) is 0 Å². The van der Waals surface area contributed by atoms with Gasteiger partial charge in [0.15, 0.2) is 0 Å². The number of rotatable bonds is 8. The Balaban J connectivity index is 1.86. The molecule has 0 saturated heterocycles. The molecular weight excluding hydrogens is 312 g/mol. The number of benzene rings is 1. The summed E-state index contributed by atoms with van der Waals surface area (Å²) >= 11 is 0. The van der Waals surface area contributed by atoms with Crippen molar-refractivity contribution in [1.29, 1.82) is 0 Å². The lowest BCUT2D eigenvalue weighted by molar-refractivity contribution is 0.569. The topological polar surface area (TPSA) is 86.9 Å². The Hall–Kier alpha value is -1.70. The quantitative estimate of drug-likeness (QED) is 0.686. The first-order valence-corrected chi connectivity index (χ1v) is 9.28. The van der Waals surface area contributed by atoms with Crippen LogP contribution < -0.4 is 10.0 Å². The number of sulfonamides is 1. The molecule has 0 aliphatic heterocycles. The van der Waals surface area contributed by atoms with Gasteiger partial charge >= 0.3 is 0 Å². The molecule has 1 aromatic carbocycles. The number of aromatic nitrogens is 2. The zero-order valence-electron chi connectivity index (χ0n) is 13.8. The molecule has 0 saturated carbocycles. The maximum Gasteiger partial charge on any atom is 0.216 e. The first-order valence-electron chi connectivity index (χ1n) is 7.63. The smallest absolute Gasteiger partial charge is 0.216 e. The fourth-order valence-electron chi connectivity index (χ4n) is 2.27. The second-order valence-electron chi connectivity index (χ2n) is 5.97. The molecule has 0 fully saturated rings. The van der Waals surface area contributed by atoms with Crippen LogP contribution in [0.5, 0.6) is 0 Å². The van der Waals surface area contributed by atoms with Gasteiger partial charge < -0.3 is 5.32 Å². The third kappa shape index (κ3) is 5.78. The summed E-state index contributed by atoms with van der Waals surface area (Å²) in [6.07, 6.45) is 1.82. The second-order valence-corrected chi connectivity index (χ2v) is 7.73. The third-order valence-corrected chi connectivity index (χ3v) is 4.92. The van der Waals surface area contributed by atoms with E-state index in [1.54, 1.807) is 0 Å². The molecule has 7 heteroatoms. The van der Waals surface area contributed by atoms with Crippen molar-refractivity contribution in [3.63, 3.8) is 0 Å². The van der Waals surface area contributed by atoms with Gasteiger partial charge in [0, 0.05) is 30.4 Å². The average Bonchev–Trinajstić information content (AvgIpc) is 2.84. The highest BCUT2D eigenvalue weighted by molar-refractivity contribution is 7.88. The Bertz CT molecular complexity index is 721. The predicted octanol–water partition coefficient (Wildman–Crippen LogP) is 1.84. The molecule has 2 rings (SSSR count).